The lowest BCUT2D eigenvalue weighted by molar-refractivity contribution is 0.439. The van der Waals surface area contributed by atoms with Crippen LogP contribution >= 0.6 is 0 Å². The smallest absolute Gasteiger partial charge is 0.165 e. The molecular weight excluding hydrogens is 200 g/mol. The van der Waals surface area contributed by atoms with Gasteiger partial charge in [0.15, 0.2) is 11.6 Å². The number of halogens is 2. The van der Waals surface area contributed by atoms with Gasteiger partial charge < -0.3 is 10.4 Å². The lowest BCUT2D eigenvalue weighted by atomic mass is 10.1. The summed E-state index contributed by atoms with van der Waals surface area (Å²) >= 11 is 0. The minimum atomic E-state index is -0.712. The fraction of sp³-hybridized carbons (Fsp3) is 0.0909. The molecule has 0 aliphatic rings. The first-order valence-electron chi connectivity index (χ1n) is 4.42. The lowest BCUT2D eigenvalue weighted by Crippen LogP contribution is -1.94. The molecule has 15 heavy (non-hydrogen) atoms. The van der Waals surface area contributed by atoms with E-state index in [4.69, 9.17) is 0 Å². The molecule has 0 amide bonds. The van der Waals surface area contributed by atoms with Crippen LogP contribution in [-0.2, 0) is 0 Å². The molecule has 2 aromatic carbocycles. The number of benzene rings is 2. The summed E-state index contributed by atoms with van der Waals surface area (Å²) in [5, 5.41) is 12.9. The average molecular weight is 209 g/mol. The highest BCUT2D eigenvalue weighted by molar-refractivity contribution is 5.97. The molecule has 0 saturated carbocycles. The number of rotatable bonds is 1. The normalized spacial score (nSPS) is 10.6. The molecule has 0 aliphatic heterocycles. The topological polar surface area (TPSA) is 32.3 Å². The maximum atomic E-state index is 13.3. The van der Waals surface area contributed by atoms with Gasteiger partial charge in [0, 0.05) is 17.8 Å². The number of fused-ring (bicyclic) bond motifs is 1. The van der Waals surface area contributed by atoms with E-state index in [1.807, 2.05) is 0 Å². The van der Waals surface area contributed by atoms with Gasteiger partial charge in [0.25, 0.3) is 0 Å². The molecule has 2 nitrogen and oxygen atoms in total. The van der Waals surface area contributed by atoms with Gasteiger partial charge in [0.05, 0.1) is 5.69 Å². The van der Waals surface area contributed by atoms with Crippen LogP contribution in [0.15, 0.2) is 24.3 Å². The van der Waals surface area contributed by atoms with Crippen molar-refractivity contribution >= 4 is 16.5 Å². The van der Waals surface area contributed by atoms with Crippen LogP contribution in [0.5, 0.6) is 5.75 Å². The summed E-state index contributed by atoms with van der Waals surface area (Å²) in [6, 6.07) is 5.08. The maximum absolute atomic E-state index is 13.3. The third kappa shape index (κ3) is 1.38. The number of anilines is 1. The Morgan fingerprint density at radius 3 is 2.27 bits per heavy atom. The van der Waals surface area contributed by atoms with Gasteiger partial charge in [-0.2, -0.15) is 0 Å². The number of aromatic hydroxyl groups is 1. The van der Waals surface area contributed by atoms with E-state index in [9.17, 15) is 13.9 Å². The van der Waals surface area contributed by atoms with Crippen molar-refractivity contribution in [3.05, 3.63) is 35.9 Å². The predicted octanol–water partition coefficient (Wildman–Crippen LogP) is 2.87. The molecule has 0 fully saturated rings. The Hall–Kier alpha value is -1.84. The summed E-state index contributed by atoms with van der Waals surface area (Å²) in [4.78, 5) is 0. The molecule has 0 atom stereocenters. The van der Waals surface area contributed by atoms with Gasteiger partial charge >= 0.3 is 0 Å². The Balaban J connectivity index is 2.89. The number of hydrogen-bond donors (Lipinski definition) is 2. The Kier molecular flexibility index (Phi) is 2.19. The van der Waals surface area contributed by atoms with Gasteiger partial charge in [-0.25, -0.2) is 8.78 Å². The van der Waals surface area contributed by atoms with Gasteiger partial charge in [-0.15, -0.1) is 0 Å². The van der Waals surface area contributed by atoms with Crippen LogP contribution in [-0.4, -0.2) is 12.2 Å². The second-order valence-corrected chi connectivity index (χ2v) is 3.16. The molecule has 0 heterocycles. The minimum Gasteiger partial charge on any atom is -0.504 e. The second-order valence-electron chi connectivity index (χ2n) is 3.16. The van der Waals surface area contributed by atoms with E-state index in [0.29, 0.717) is 10.8 Å². The van der Waals surface area contributed by atoms with Crippen molar-refractivity contribution in [2.24, 2.45) is 0 Å². The molecule has 2 aromatic rings. The Morgan fingerprint density at radius 2 is 1.60 bits per heavy atom. The summed E-state index contributed by atoms with van der Waals surface area (Å²) < 4.78 is 26.3. The Labute approximate surface area is 85.2 Å². The number of hydrogen-bond acceptors (Lipinski definition) is 2. The van der Waals surface area contributed by atoms with Crippen molar-refractivity contribution in [2.45, 2.75) is 0 Å². The molecule has 0 saturated heterocycles. The zero-order valence-corrected chi connectivity index (χ0v) is 8.01. The monoisotopic (exact) mass is 209 g/mol. The molecule has 0 aliphatic carbocycles. The van der Waals surface area contributed by atoms with Crippen molar-refractivity contribution in [3.8, 4) is 5.75 Å². The van der Waals surface area contributed by atoms with E-state index in [-0.39, 0.29) is 5.69 Å². The average Bonchev–Trinajstić information content (AvgIpc) is 2.23. The third-order valence-electron chi connectivity index (χ3n) is 2.32. The van der Waals surface area contributed by atoms with Crippen LogP contribution in [0.2, 0.25) is 0 Å². The zero-order chi connectivity index (χ0) is 11.0. The van der Waals surface area contributed by atoms with E-state index in [1.54, 1.807) is 7.05 Å². The highest BCUT2D eigenvalue weighted by Gasteiger charge is 2.11. The third-order valence-corrected chi connectivity index (χ3v) is 2.32. The first-order valence-corrected chi connectivity index (χ1v) is 4.42. The zero-order valence-electron chi connectivity index (χ0n) is 8.01. The molecule has 0 bridgehead atoms. The van der Waals surface area contributed by atoms with Crippen LogP contribution in [0.4, 0.5) is 14.5 Å². The van der Waals surface area contributed by atoms with Crippen molar-refractivity contribution in [1.82, 2.24) is 0 Å². The highest BCUT2D eigenvalue weighted by atomic mass is 19.1. The quantitative estimate of drug-likeness (QED) is 0.756. The van der Waals surface area contributed by atoms with Crippen LogP contribution in [0.3, 0.4) is 0 Å². The molecule has 0 unspecified atom stereocenters. The van der Waals surface area contributed by atoms with Gasteiger partial charge in [-0.3, -0.25) is 0 Å². The van der Waals surface area contributed by atoms with E-state index < -0.39 is 17.4 Å². The first kappa shape index (κ1) is 9.71. The van der Waals surface area contributed by atoms with Gasteiger partial charge in [0.1, 0.15) is 5.82 Å². The fourth-order valence-corrected chi connectivity index (χ4v) is 1.59. The first-order chi connectivity index (χ1) is 7.15. The van der Waals surface area contributed by atoms with Gasteiger partial charge in [-0.05, 0) is 24.3 Å². The van der Waals surface area contributed by atoms with E-state index in [0.717, 1.165) is 6.07 Å². The van der Waals surface area contributed by atoms with Gasteiger partial charge in [0.2, 0.25) is 0 Å². The molecular formula is C11H9F2NO. The lowest BCUT2D eigenvalue weighted by Gasteiger charge is -2.08. The van der Waals surface area contributed by atoms with Crippen molar-refractivity contribution in [1.29, 1.82) is 0 Å². The van der Waals surface area contributed by atoms with Crippen LogP contribution in [0.1, 0.15) is 0 Å². The SMILES string of the molecule is CNc1c(F)ccc2c(O)c(F)ccc12. The molecule has 2 N–H and O–H groups in total. The van der Waals surface area contributed by atoms with Crippen molar-refractivity contribution in [3.63, 3.8) is 0 Å². The minimum absolute atomic E-state index is 0.253. The van der Waals surface area contributed by atoms with E-state index in [1.165, 1.54) is 18.2 Å². The summed E-state index contributed by atoms with van der Waals surface area (Å²) in [5.41, 5.74) is 0.253. The molecule has 0 aromatic heterocycles. The van der Waals surface area contributed by atoms with Crippen molar-refractivity contribution in [2.75, 3.05) is 12.4 Å². The maximum Gasteiger partial charge on any atom is 0.165 e. The fourth-order valence-electron chi connectivity index (χ4n) is 1.59. The van der Waals surface area contributed by atoms with Gasteiger partial charge in [-0.1, -0.05) is 0 Å². The van der Waals surface area contributed by atoms with Crippen LogP contribution in [0.25, 0.3) is 10.8 Å². The highest BCUT2D eigenvalue weighted by Crippen LogP contribution is 2.33. The van der Waals surface area contributed by atoms with Crippen LogP contribution in [0, 0.1) is 11.6 Å². The number of phenols is 1. The number of nitrogens with one attached hydrogen (secondary N) is 1. The predicted molar refractivity (Wildman–Crippen MR) is 55.1 cm³/mol. The van der Waals surface area contributed by atoms with Crippen LogP contribution < -0.4 is 5.32 Å². The molecule has 4 heteroatoms. The largest absolute Gasteiger partial charge is 0.504 e. The standard InChI is InChI=1S/C11H9F2NO/c1-14-10-6-2-5-9(13)11(15)7(6)3-4-8(10)12/h2-5,14-15H,1H3. The summed E-state index contributed by atoms with van der Waals surface area (Å²) in [6.07, 6.45) is 0. The summed E-state index contributed by atoms with van der Waals surface area (Å²) in [6.45, 7) is 0. The summed E-state index contributed by atoms with van der Waals surface area (Å²) in [7, 11) is 1.57. The van der Waals surface area contributed by atoms with E-state index >= 15 is 0 Å². The second kappa shape index (κ2) is 3.38. The van der Waals surface area contributed by atoms with Crippen molar-refractivity contribution < 1.29 is 13.9 Å². The Morgan fingerprint density at radius 1 is 1.00 bits per heavy atom. The molecule has 0 spiro atoms. The summed E-state index contributed by atoms with van der Waals surface area (Å²) in [5.74, 6) is -1.60. The Bertz CT molecular complexity index is 525. The molecule has 2 rings (SSSR count). The van der Waals surface area contributed by atoms with E-state index in [2.05, 4.69) is 5.32 Å². The molecule has 0 radical (unpaired) electrons. The number of phenolic OH excluding ortho intramolecular Hbond substituents is 1. The molecule has 78 valence electrons.